The van der Waals surface area contributed by atoms with Crippen LogP contribution in [0, 0.1) is 6.92 Å². The molecule has 0 radical (unpaired) electrons. The number of rotatable bonds is 4. The standard InChI is InChI=1S/C17H15N3O2/c1-12-11-16(20-22-12)17(21)19-15-9-7-14(8-10-15)18-13-5-3-2-4-6-13/h2-11,18H,1H3,(H,19,21). The fraction of sp³-hybridized carbons (Fsp3) is 0.0588. The Morgan fingerprint density at radius 2 is 1.59 bits per heavy atom. The summed E-state index contributed by atoms with van der Waals surface area (Å²) in [6, 6.07) is 18.9. The predicted octanol–water partition coefficient (Wildman–Crippen LogP) is 3.98. The number of anilines is 3. The highest BCUT2D eigenvalue weighted by Crippen LogP contribution is 2.19. The van der Waals surface area contributed by atoms with Gasteiger partial charge in [-0.15, -0.1) is 0 Å². The first-order valence-corrected chi connectivity index (χ1v) is 6.87. The molecule has 3 aromatic rings. The van der Waals surface area contributed by atoms with Crippen LogP contribution >= 0.6 is 0 Å². The first-order chi connectivity index (χ1) is 10.7. The molecule has 2 aromatic carbocycles. The van der Waals surface area contributed by atoms with E-state index in [0.717, 1.165) is 11.4 Å². The van der Waals surface area contributed by atoms with E-state index < -0.39 is 0 Å². The minimum absolute atomic E-state index is 0.268. The summed E-state index contributed by atoms with van der Waals surface area (Å²) in [7, 11) is 0. The smallest absolute Gasteiger partial charge is 0.277 e. The van der Waals surface area contributed by atoms with Gasteiger partial charge in [-0.1, -0.05) is 23.4 Å². The third-order valence-electron chi connectivity index (χ3n) is 3.07. The van der Waals surface area contributed by atoms with Gasteiger partial charge in [0.05, 0.1) is 0 Å². The number of carbonyl (C=O) groups is 1. The normalized spacial score (nSPS) is 10.2. The first-order valence-electron chi connectivity index (χ1n) is 6.87. The van der Waals surface area contributed by atoms with Crippen molar-refractivity contribution < 1.29 is 9.32 Å². The molecule has 0 aliphatic carbocycles. The Morgan fingerprint density at radius 1 is 0.955 bits per heavy atom. The van der Waals surface area contributed by atoms with Gasteiger partial charge >= 0.3 is 0 Å². The number of hydrogen-bond acceptors (Lipinski definition) is 4. The molecule has 0 bridgehead atoms. The van der Waals surface area contributed by atoms with Crippen LogP contribution in [0.3, 0.4) is 0 Å². The van der Waals surface area contributed by atoms with Crippen LogP contribution in [0.15, 0.2) is 65.2 Å². The summed E-state index contributed by atoms with van der Waals surface area (Å²) in [5, 5.41) is 9.74. The minimum atomic E-state index is -0.291. The van der Waals surface area contributed by atoms with Gasteiger partial charge in [0.25, 0.3) is 5.91 Å². The van der Waals surface area contributed by atoms with Gasteiger partial charge in [0, 0.05) is 23.1 Å². The van der Waals surface area contributed by atoms with Crippen molar-refractivity contribution in [1.82, 2.24) is 5.16 Å². The van der Waals surface area contributed by atoms with Crippen molar-refractivity contribution in [2.45, 2.75) is 6.92 Å². The van der Waals surface area contributed by atoms with Crippen LogP contribution in [0.1, 0.15) is 16.2 Å². The third kappa shape index (κ3) is 3.32. The lowest BCUT2D eigenvalue weighted by atomic mass is 10.2. The number of nitrogens with zero attached hydrogens (tertiary/aromatic N) is 1. The van der Waals surface area contributed by atoms with E-state index in [-0.39, 0.29) is 11.6 Å². The van der Waals surface area contributed by atoms with Crippen LogP contribution in [0.4, 0.5) is 17.1 Å². The number of carbonyl (C=O) groups excluding carboxylic acids is 1. The van der Waals surface area contributed by atoms with Gasteiger partial charge in [-0.25, -0.2) is 0 Å². The SMILES string of the molecule is Cc1cc(C(=O)Nc2ccc(Nc3ccccc3)cc2)no1. The Balaban J connectivity index is 1.65. The summed E-state index contributed by atoms with van der Waals surface area (Å²) < 4.78 is 4.89. The molecule has 5 heteroatoms. The van der Waals surface area contributed by atoms with Crippen molar-refractivity contribution in [1.29, 1.82) is 0 Å². The van der Waals surface area contributed by atoms with E-state index in [9.17, 15) is 4.79 Å². The Bertz CT molecular complexity index is 764. The number of aromatic nitrogens is 1. The molecule has 1 aromatic heterocycles. The molecule has 3 rings (SSSR count). The third-order valence-corrected chi connectivity index (χ3v) is 3.07. The lowest BCUT2D eigenvalue weighted by Gasteiger charge is -2.08. The van der Waals surface area contributed by atoms with E-state index in [1.165, 1.54) is 0 Å². The number of para-hydroxylation sites is 1. The van der Waals surface area contributed by atoms with Crippen molar-refractivity contribution >= 4 is 23.0 Å². The Labute approximate surface area is 128 Å². The van der Waals surface area contributed by atoms with E-state index in [1.807, 2.05) is 54.6 Å². The van der Waals surface area contributed by atoms with Crippen LogP contribution in [-0.2, 0) is 0 Å². The van der Waals surface area contributed by atoms with Gasteiger partial charge in [0.15, 0.2) is 5.69 Å². The van der Waals surface area contributed by atoms with Crippen LogP contribution < -0.4 is 10.6 Å². The highest BCUT2D eigenvalue weighted by molar-refractivity contribution is 6.02. The maximum Gasteiger partial charge on any atom is 0.277 e. The fourth-order valence-corrected chi connectivity index (χ4v) is 1.99. The van der Waals surface area contributed by atoms with Gasteiger partial charge in [0.2, 0.25) is 0 Å². The number of benzene rings is 2. The van der Waals surface area contributed by atoms with Crippen molar-refractivity contribution in [3.8, 4) is 0 Å². The molecule has 0 fully saturated rings. The van der Waals surface area contributed by atoms with Crippen LogP contribution in [0.25, 0.3) is 0 Å². The van der Waals surface area contributed by atoms with Crippen LogP contribution in [-0.4, -0.2) is 11.1 Å². The number of hydrogen-bond donors (Lipinski definition) is 2. The van der Waals surface area contributed by atoms with Crippen molar-refractivity contribution in [2.24, 2.45) is 0 Å². The molecule has 1 heterocycles. The Kier molecular flexibility index (Phi) is 3.87. The topological polar surface area (TPSA) is 67.2 Å². The largest absolute Gasteiger partial charge is 0.361 e. The molecule has 5 nitrogen and oxygen atoms in total. The van der Waals surface area contributed by atoms with Crippen LogP contribution in [0.2, 0.25) is 0 Å². The molecular weight excluding hydrogens is 278 g/mol. The maximum atomic E-state index is 12.0. The number of nitrogens with one attached hydrogen (secondary N) is 2. The average Bonchev–Trinajstić information content (AvgIpc) is 2.97. The number of aryl methyl sites for hydroxylation is 1. The summed E-state index contributed by atoms with van der Waals surface area (Å²) in [5.41, 5.74) is 2.92. The number of amides is 1. The van der Waals surface area contributed by atoms with Crippen molar-refractivity contribution in [3.05, 3.63) is 72.1 Å². The highest BCUT2D eigenvalue weighted by Gasteiger charge is 2.10. The minimum Gasteiger partial charge on any atom is -0.361 e. The molecule has 0 unspecified atom stereocenters. The fourth-order valence-electron chi connectivity index (χ4n) is 1.99. The maximum absolute atomic E-state index is 12.0. The molecular formula is C17H15N3O2. The molecule has 0 saturated carbocycles. The van der Waals surface area contributed by atoms with Crippen molar-refractivity contribution in [3.63, 3.8) is 0 Å². The molecule has 0 aliphatic heterocycles. The molecule has 0 saturated heterocycles. The lowest BCUT2D eigenvalue weighted by molar-refractivity contribution is 0.101. The predicted molar refractivity (Wildman–Crippen MR) is 85.4 cm³/mol. The second-order valence-corrected chi connectivity index (χ2v) is 4.85. The van der Waals surface area contributed by atoms with Crippen LogP contribution in [0.5, 0.6) is 0 Å². The second kappa shape index (κ2) is 6.13. The van der Waals surface area contributed by atoms with Gasteiger partial charge in [-0.2, -0.15) is 0 Å². The zero-order valence-electron chi connectivity index (χ0n) is 12.0. The molecule has 22 heavy (non-hydrogen) atoms. The van der Waals surface area contributed by atoms with E-state index in [0.29, 0.717) is 11.4 Å². The molecule has 0 aliphatic rings. The van der Waals surface area contributed by atoms with E-state index in [4.69, 9.17) is 4.52 Å². The summed E-state index contributed by atoms with van der Waals surface area (Å²) in [4.78, 5) is 12.0. The lowest BCUT2D eigenvalue weighted by Crippen LogP contribution is -2.12. The Hall–Kier alpha value is -3.08. The zero-order valence-corrected chi connectivity index (χ0v) is 12.0. The molecule has 0 spiro atoms. The molecule has 2 N–H and O–H groups in total. The van der Waals surface area contributed by atoms with E-state index >= 15 is 0 Å². The van der Waals surface area contributed by atoms with Crippen molar-refractivity contribution in [2.75, 3.05) is 10.6 Å². The van der Waals surface area contributed by atoms with E-state index in [2.05, 4.69) is 15.8 Å². The first kappa shape index (κ1) is 13.9. The van der Waals surface area contributed by atoms with Gasteiger partial charge in [-0.3, -0.25) is 4.79 Å². The van der Waals surface area contributed by atoms with E-state index in [1.54, 1.807) is 13.0 Å². The van der Waals surface area contributed by atoms with Gasteiger partial charge in [0.1, 0.15) is 5.76 Å². The molecule has 110 valence electrons. The zero-order chi connectivity index (χ0) is 15.4. The quantitative estimate of drug-likeness (QED) is 0.763. The molecule has 1 amide bonds. The molecule has 0 atom stereocenters. The monoisotopic (exact) mass is 293 g/mol. The summed E-state index contributed by atoms with van der Waals surface area (Å²) in [5.74, 6) is 0.313. The average molecular weight is 293 g/mol. The highest BCUT2D eigenvalue weighted by atomic mass is 16.5. The van der Waals surface area contributed by atoms with Gasteiger partial charge < -0.3 is 15.2 Å². The van der Waals surface area contributed by atoms with Gasteiger partial charge in [-0.05, 0) is 43.3 Å². The summed E-state index contributed by atoms with van der Waals surface area (Å²) >= 11 is 0. The Morgan fingerprint density at radius 3 is 2.23 bits per heavy atom. The summed E-state index contributed by atoms with van der Waals surface area (Å²) in [6.45, 7) is 1.74. The summed E-state index contributed by atoms with van der Waals surface area (Å²) in [6.07, 6.45) is 0. The second-order valence-electron chi connectivity index (χ2n) is 4.85.